The first kappa shape index (κ1) is 12.2. The molecule has 0 atom stereocenters. The third-order valence-electron chi connectivity index (χ3n) is 1.91. The molecule has 86 valence electrons. The van der Waals surface area contributed by atoms with E-state index in [4.69, 9.17) is 10.7 Å². The van der Waals surface area contributed by atoms with Crippen LogP contribution in [-0.4, -0.2) is 24.9 Å². The number of nitrogens with zero attached hydrogens (tertiary/aromatic N) is 1. The maximum absolute atomic E-state index is 10.8. The van der Waals surface area contributed by atoms with Crippen molar-refractivity contribution in [2.45, 2.75) is 5.03 Å². The van der Waals surface area contributed by atoms with Crippen LogP contribution in [-0.2, 0) is 9.05 Å². The average molecular weight is 294 g/mol. The van der Waals surface area contributed by atoms with Crippen LogP contribution >= 0.6 is 33.8 Å². The molecular formula is C9H8ClNO2S3. The quantitative estimate of drug-likeness (QED) is 0.642. The zero-order valence-corrected chi connectivity index (χ0v) is 11.3. The molecule has 0 amide bonds. The van der Waals surface area contributed by atoms with Crippen LogP contribution in [0.4, 0.5) is 0 Å². The molecule has 0 unspecified atom stereocenters. The van der Waals surface area contributed by atoms with E-state index >= 15 is 0 Å². The maximum Gasteiger partial charge on any atom is 0.233 e. The van der Waals surface area contributed by atoms with Crippen molar-refractivity contribution < 1.29 is 8.42 Å². The molecule has 0 saturated heterocycles. The van der Waals surface area contributed by atoms with Crippen LogP contribution < -0.4 is 0 Å². The molecule has 0 spiro atoms. The molecule has 2 rings (SSSR count). The van der Waals surface area contributed by atoms with Crippen molar-refractivity contribution >= 4 is 52.9 Å². The molecule has 0 aliphatic heterocycles. The Morgan fingerprint density at radius 3 is 3.00 bits per heavy atom. The van der Waals surface area contributed by atoms with Gasteiger partial charge in [-0.25, -0.2) is 13.4 Å². The highest BCUT2D eigenvalue weighted by Crippen LogP contribution is 2.29. The molecule has 0 saturated carbocycles. The molecule has 7 heteroatoms. The fourth-order valence-electron chi connectivity index (χ4n) is 1.22. The van der Waals surface area contributed by atoms with E-state index in [1.165, 1.54) is 11.8 Å². The van der Waals surface area contributed by atoms with Crippen molar-refractivity contribution in [1.82, 2.24) is 4.98 Å². The van der Waals surface area contributed by atoms with Gasteiger partial charge in [-0.1, -0.05) is 0 Å². The summed E-state index contributed by atoms with van der Waals surface area (Å²) in [5.41, 5.74) is 0. The SMILES string of the molecule is O=S(=O)(Cl)CCSc1nccc2sccc12. The summed E-state index contributed by atoms with van der Waals surface area (Å²) in [4.78, 5) is 4.23. The third-order valence-corrected chi connectivity index (χ3v) is 5.21. The highest BCUT2D eigenvalue weighted by Gasteiger charge is 2.08. The lowest BCUT2D eigenvalue weighted by atomic mass is 10.3. The van der Waals surface area contributed by atoms with Crippen LogP contribution in [0.25, 0.3) is 10.1 Å². The zero-order chi connectivity index (χ0) is 11.6. The van der Waals surface area contributed by atoms with Crippen LogP contribution in [0.2, 0.25) is 0 Å². The second kappa shape index (κ2) is 4.91. The Bertz CT molecular complexity index is 594. The number of thioether (sulfide) groups is 1. The number of hydrogen-bond acceptors (Lipinski definition) is 5. The molecule has 3 nitrogen and oxygen atoms in total. The molecule has 0 radical (unpaired) electrons. The number of thiophene rings is 1. The number of hydrogen-bond donors (Lipinski definition) is 0. The van der Waals surface area contributed by atoms with E-state index in [-0.39, 0.29) is 5.75 Å². The Labute approximate surface area is 106 Å². The number of aromatic nitrogens is 1. The van der Waals surface area contributed by atoms with Gasteiger partial charge in [0.05, 0.1) is 5.75 Å². The van der Waals surface area contributed by atoms with E-state index in [0.717, 1.165) is 15.1 Å². The van der Waals surface area contributed by atoms with E-state index in [9.17, 15) is 8.42 Å². The molecule has 0 aliphatic carbocycles. The highest BCUT2D eigenvalue weighted by atomic mass is 35.7. The van der Waals surface area contributed by atoms with Crippen LogP contribution in [0.1, 0.15) is 0 Å². The molecule has 2 aromatic rings. The standard InChI is InChI=1S/C9H8ClNO2S3/c10-16(12,13)6-5-15-9-7-2-4-14-8(7)1-3-11-9/h1-4H,5-6H2. The third kappa shape index (κ3) is 3.10. The van der Waals surface area contributed by atoms with Gasteiger partial charge in [-0.15, -0.1) is 23.1 Å². The second-order valence-electron chi connectivity index (χ2n) is 3.04. The minimum atomic E-state index is -3.41. The highest BCUT2D eigenvalue weighted by molar-refractivity contribution is 8.14. The van der Waals surface area contributed by atoms with E-state index in [1.807, 2.05) is 17.5 Å². The number of rotatable bonds is 4. The minimum absolute atomic E-state index is 0.0403. The smallest absolute Gasteiger partial charge is 0.233 e. The van der Waals surface area contributed by atoms with Crippen molar-refractivity contribution in [3.8, 4) is 0 Å². The largest absolute Gasteiger partial charge is 0.249 e. The number of pyridine rings is 1. The maximum atomic E-state index is 10.8. The summed E-state index contributed by atoms with van der Waals surface area (Å²) in [7, 11) is 1.73. The summed E-state index contributed by atoms with van der Waals surface area (Å²) < 4.78 is 22.7. The molecule has 0 N–H and O–H groups in total. The van der Waals surface area contributed by atoms with E-state index in [2.05, 4.69) is 4.98 Å². The van der Waals surface area contributed by atoms with Crippen LogP contribution in [0.3, 0.4) is 0 Å². The number of fused-ring (bicyclic) bond motifs is 1. The van der Waals surface area contributed by atoms with Crippen LogP contribution in [0.5, 0.6) is 0 Å². The second-order valence-corrected chi connectivity index (χ2v) is 7.97. The van der Waals surface area contributed by atoms with Gasteiger partial charge in [0.15, 0.2) is 0 Å². The van der Waals surface area contributed by atoms with Crippen LogP contribution in [0, 0.1) is 0 Å². The molecule has 2 aromatic heterocycles. The summed E-state index contributed by atoms with van der Waals surface area (Å²) in [6.45, 7) is 0. The summed E-state index contributed by atoms with van der Waals surface area (Å²) in [5, 5.41) is 3.93. The average Bonchev–Trinajstić information content (AvgIpc) is 2.64. The van der Waals surface area contributed by atoms with Crippen molar-refractivity contribution in [2.24, 2.45) is 0 Å². The van der Waals surface area contributed by atoms with Gasteiger partial charge in [0.2, 0.25) is 9.05 Å². The molecule has 0 aromatic carbocycles. The molecule has 2 heterocycles. The zero-order valence-electron chi connectivity index (χ0n) is 8.09. The summed E-state index contributed by atoms with van der Waals surface area (Å²) in [6, 6.07) is 3.94. The van der Waals surface area contributed by atoms with Gasteiger partial charge in [-0.2, -0.15) is 0 Å². The molecule has 16 heavy (non-hydrogen) atoms. The topological polar surface area (TPSA) is 47.0 Å². The fraction of sp³-hybridized carbons (Fsp3) is 0.222. The summed E-state index contributed by atoms with van der Waals surface area (Å²) in [6.07, 6.45) is 1.73. The Balaban J connectivity index is 2.12. The first-order valence-corrected chi connectivity index (χ1v) is 8.78. The normalized spacial score (nSPS) is 12.1. The van der Waals surface area contributed by atoms with Gasteiger partial charge < -0.3 is 0 Å². The fourth-order valence-corrected chi connectivity index (χ4v) is 4.43. The lowest BCUT2D eigenvalue weighted by Gasteiger charge is -2.00. The van der Waals surface area contributed by atoms with E-state index < -0.39 is 9.05 Å². The van der Waals surface area contributed by atoms with Crippen molar-refractivity contribution in [1.29, 1.82) is 0 Å². The molecule has 0 bridgehead atoms. The number of halogens is 1. The van der Waals surface area contributed by atoms with Gasteiger partial charge in [-0.3, -0.25) is 0 Å². The van der Waals surface area contributed by atoms with Gasteiger partial charge >= 0.3 is 0 Å². The van der Waals surface area contributed by atoms with Gasteiger partial charge in [0, 0.05) is 32.7 Å². The summed E-state index contributed by atoms with van der Waals surface area (Å²) >= 11 is 3.06. The predicted molar refractivity (Wildman–Crippen MR) is 70.0 cm³/mol. The van der Waals surface area contributed by atoms with Crippen LogP contribution in [0.15, 0.2) is 28.7 Å². The first-order valence-electron chi connectivity index (χ1n) is 4.43. The molecular weight excluding hydrogens is 286 g/mol. The van der Waals surface area contributed by atoms with Crippen molar-refractivity contribution in [3.63, 3.8) is 0 Å². The monoisotopic (exact) mass is 293 g/mol. The first-order chi connectivity index (χ1) is 7.56. The van der Waals surface area contributed by atoms with Crippen molar-refractivity contribution in [2.75, 3.05) is 11.5 Å². The Hall–Kier alpha value is -0.300. The molecule has 0 aliphatic rings. The van der Waals surface area contributed by atoms with Gasteiger partial charge in [-0.05, 0) is 17.5 Å². The lowest BCUT2D eigenvalue weighted by Crippen LogP contribution is -1.99. The Morgan fingerprint density at radius 2 is 2.25 bits per heavy atom. The van der Waals surface area contributed by atoms with Gasteiger partial charge in [0.25, 0.3) is 0 Å². The minimum Gasteiger partial charge on any atom is -0.249 e. The summed E-state index contributed by atoms with van der Waals surface area (Å²) in [5.74, 6) is 0.384. The predicted octanol–water partition coefficient (Wildman–Crippen LogP) is 2.96. The van der Waals surface area contributed by atoms with E-state index in [1.54, 1.807) is 17.5 Å². The Kier molecular flexibility index (Phi) is 3.73. The van der Waals surface area contributed by atoms with Gasteiger partial charge in [0.1, 0.15) is 5.03 Å². The van der Waals surface area contributed by atoms with Crippen molar-refractivity contribution in [3.05, 3.63) is 23.7 Å². The lowest BCUT2D eigenvalue weighted by molar-refractivity contribution is 0.611. The Morgan fingerprint density at radius 1 is 1.44 bits per heavy atom. The van der Waals surface area contributed by atoms with E-state index in [0.29, 0.717) is 5.75 Å². The molecule has 0 fully saturated rings.